The van der Waals surface area contributed by atoms with E-state index in [2.05, 4.69) is 12.2 Å². The van der Waals surface area contributed by atoms with E-state index in [1.807, 2.05) is 43.3 Å². The summed E-state index contributed by atoms with van der Waals surface area (Å²) in [5.74, 6) is 0.854. The molecule has 1 unspecified atom stereocenters. The minimum absolute atomic E-state index is 0.166. The Morgan fingerprint density at radius 3 is 2.45 bits per heavy atom. The molecule has 0 aliphatic heterocycles. The van der Waals surface area contributed by atoms with Crippen molar-refractivity contribution in [2.45, 2.75) is 19.9 Å². The molecular weight excluding hydrogens is 272 g/mol. The number of nitrogen functional groups attached to an aromatic ring is 1. The van der Waals surface area contributed by atoms with Crippen molar-refractivity contribution in [3.63, 3.8) is 0 Å². The molecule has 0 aliphatic carbocycles. The minimum Gasteiger partial charge on any atom is -0.497 e. The zero-order valence-corrected chi connectivity index (χ0v) is 12.7. The highest BCUT2D eigenvalue weighted by Crippen LogP contribution is 2.29. The van der Waals surface area contributed by atoms with E-state index < -0.39 is 0 Å². The fourth-order valence-electron chi connectivity index (χ4n) is 2.07. The van der Waals surface area contributed by atoms with E-state index in [1.54, 1.807) is 7.11 Å². The third-order valence-electron chi connectivity index (χ3n) is 3.33. The third-order valence-corrected chi connectivity index (χ3v) is 3.66. The van der Waals surface area contributed by atoms with Gasteiger partial charge >= 0.3 is 0 Å². The van der Waals surface area contributed by atoms with Crippen LogP contribution in [0.2, 0.25) is 5.02 Å². The predicted molar refractivity (Wildman–Crippen MR) is 85.6 cm³/mol. The van der Waals surface area contributed by atoms with Gasteiger partial charge in [0.05, 0.1) is 17.8 Å². The fourth-order valence-corrected chi connectivity index (χ4v) is 2.23. The minimum atomic E-state index is 0.166. The van der Waals surface area contributed by atoms with Crippen LogP contribution in [0.4, 0.5) is 11.4 Å². The van der Waals surface area contributed by atoms with E-state index in [4.69, 9.17) is 22.1 Å². The second-order valence-electron chi connectivity index (χ2n) is 4.83. The smallest absolute Gasteiger partial charge is 0.118 e. The summed E-state index contributed by atoms with van der Waals surface area (Å²) >= 11 is 6.07. The van der Waals surface area contributed by atoms with Crippen molar-refractivity contribution in [3.8, 4) is 5.75 Å². The molecule has 2 aromatic rings. The van der Waals surface area contributed by atoms with Crippen LogP contribution in [0, 0.1) is 6.92 Å². The largest absolute Gasteiger partial charge is 0.497 e. The summed E-state index contributed by atoms with van der Waals surface area (Å²) in [6.07, 6.45) is 0. The van der Waals surface area contributed by atoms with Crippen molar-refractivity contribution in [2.24, 2.45) is 0 Å². The molecule has 2 aromatic carbocycles. The van der Waals surface area contributed by atoms with Gasteiger partial charge in [-0.15, -0.1) is 0 Å². The summed E-state index contributed by atoms with van der Waals surface area (Å²) in [4.78, 5) is 0. The van der Waals surface area contributed by atoms with Gasteiger partial charge in [-0.2, -0.15) is 0 Å². The Hall–Kier alpha value is -1.87. The van der Waals surface area contributed by atoms with Crippen LogP contribution in [0.3, 0.4) is 0 Å². The first-order valence-corrected chi connectivity index (χ1v) is 6.85. The quantitative estimate of drug-likeness (QED) is 0.820. The molecule has 0 fully saturated rings. The Labute approximate surface area is 124 Å². The van der Waals surface area contributed by atoms with E-state index in [1.165, 1.54) is 5.56 Å². The van der Waals surface area contributed by atoms with Gasteiger partial charge in [-0.05, 0) is 49.2 Å². The first-order chi connectivity index (χ1) is 9.51. The summed E-state index contributed by atoms with van der Waals surface area (Å²) in [6.45, 7) is 4.11. The Kier molecular flexibility index (Phi) is 4.40. The molecule has 106 valence electrons. The summed E-state index contributed by atoms with van der Waals surface area (Å²) in [5.41, 5.74) is 9.64. The lowest BCUT2D eigenvalue weighted by Gasteiger charge is -2.18. The standard InChI is InChI=1S/C16H19ClN2O/c1-10-8-15(18)14(17)9-16(10)19-11(2)12-4-6-13(20-3)7-5-12/h4-9,11,19H,18H2,1-3H3. The number of methoxy groups -OCH3 is 1. The monoisotopic (exact) mass is 290 g/mol. The molecule has 20 heavy (non-hydrogen) atoms. The van der Waals surface area contributed by atoms with Crippen molar-refractivity contribution in [1.82, 2.24) is 0 Å². The van der Waals surface area contributed by atoms with Gasteiger partial charge < -0.3 is 15.8 Å². The van der Waals surface area contributed by atoms with Crippen molar-refractivity contribution >= 4 is 23.0 Å². The molecule has 0 heterocycles. The van der Waals surface area contributed by atoms with Gasteiger partial charge in [-0.3, -0.25) is 0 Å². The second kappa shape index (κ2) is 6.06. The van der Waals surface area contributed by atoms with E-state index in [0.717, 1.165) is 17.0 Å². The van der Waals surface area contributed by atoms with Gasteiger partial charge in [0.15, 0.2) is 0 Å². The van der Waals surface area contributed by atoms with Crippen LogP contribution in [-0.4, -0.2) is 7.11 Å². The zero-order valence-electron chi connectivity index (χ0n) is 11.9. The maximum absolute atomic E-state index is 6.07. The van der Waals surface area contributed by atoms with Crippen LogP contribution in [0.5, 0.6) is 5.75 Å². The molecule has 2 rings (SSSR count). The number of hydrogen-bond donors (Lipinski definition) is 2. The molecule has 1 atom stereocenters. The highest BCUT2D eigenvalue weighted by atomic mass is 35.5. The van der Waals surface area contributed by atoms with Crippen LogP contribution in [-0.2, 0) is 0 Å². The first-order valence-electron chi connectivity index (χ1n) is 6.47. The summed E-state index contributed by atoms with van der Waals surface area (Å²) in [6, 6.07) is 11.9. The van der Waals surface area contributed by atoms with Gasteiger partial charge in [0.1, 0.15) is 5.75 Å². The zero-order chi connectivity index (χ0) is 14.7. The van der Waals surface area contributed by atoms with Crippen molar-refractivity contribution in [1.29, 1.82) is 0 Å². The molecule has 0 saturated carbocycles. The van der Waals surface area contributed by atoms with E-state index in [0.29, 0.717) is 10.7 Å². The van der Waals surface area contributed by atoms with Gasteiger partial charge in [0.25, 0.3) is 0 Å². The van der Waals surface area contributed by atoms with E-state index in [9.17, 15) is 0 Å². The third kappa shape index (κ3) is 3.17. The molecule has 0 spiro atoms. The average molecular weight is 291 g/mol. The lowest BCUT2D eigenvalue weighted by atomic mass is 10.1. The maximum atomic E-state index is 6.07. The molecular formula is C16H19ClN2O. The highest BCUT2D eigenvalue weighted by molar-refractivity contribution is 6.33. The number of aryl methyl sites for hydroxylation is 1. The predicted octanol–water partition coefficient (Wildman–Crippen LogP) is 4.41. The van der Waals surface area contributed by atoms with Crippen LogP contribution in [0.15, 0.2) is 36.4 Å². The number of hydrogen-bond acceptors (Lipinski definition) is 3. The molecule has 0 saturated heterocycles. The Morgan fingerprint density at radius 2 is 1.85 bits per heavy atom. The number of halogens is 1. The topological polar surface area (TPSA) is 47.3 Å². The van der Waals surface area contributed by atoms with Crippen LogP contribution >= 0.6 is 11.6 Å². The molecule has 3 nitrogen and oxygen atoms in total. The molecule has 3 N–H and O–H groups in total. The van der Waals surface area contributed by atoms with Gasteiger partial charge in [0.2, 0.25) is 0 Å². The van der Waals surface area contributed by atoms with Crippen LogP contribution in [0.1, 0.15) is 24.1 Å². The average Bonchev–Trinajstić information content (AvgIpc) is 2.44. The number of nitrogens with one attached hydrogen (secondary N) is 1. The fraction of sp³-hybridized carbons (Fsp3) is 0.250. The summed E-state index contributed by atoms with van der Waals surface area (Å²) in [7, 11) is 1.66. The van der Waals surface area contributed by atoms with Crippen molar-refractivity contribution in [3.05, 3.63) is 52.5 Å². The normalized spacial score (nSPS) is 12.0. The van der Waals surface area contributed by atoms with E-state index >= 15 is 0 Å². The number of rotatable bonds is 4. The molecule has 4 heteroatoms. The van der Waals surface area contributed by atoms with Gasteiger partial charge in [-0.1, -0.05) is 23.7 Å². The Bertz CT molecular complexity index is 596. The molecule has 0 radical (unpaired) electrons. The SMILES string of the molecule is COc1ccc(C(C)Nc2cc(Cl)c(N)cc2C)cc1. The van der Waals surface area contributed by atoms with Crippen molar-refractivity contribution < 1.29 is 4.74 Å². The van der Waals surface area contributed by atoms with Crippen molar-refractivity contribution in [2.75, 3.05) is 18.2 Å². The summed E-state index contributed by atoms with van der Waals surface area (Å²) < 4.78 is 5.16. The van der Waals surface area contributed by atoms with Crippen LogP contribution < -0.4 is 15.8 Å². The van der Waals surface area contributed by atoms with Gasteiger partial charge in [0, 0.05) is 11.7 Å². The lowest BCUT2D eigenvalue weighted by molar-refractivity contribution is 0.414. The summed E-state index contributed by atoms with van der Waals surface area (Å²) in [5, 5.41) is 4.02. The molecule has 0 aliphatic rings. The highest BCUT2D eigenvalue weighted by Gasteiger charge is 2.09. The first kappa shape index (κ1) is 14.5. The second-order valence-corrected chi connectivity index (χ2v) is 5.24. The molecule has 0 bridgehead atoms. The van der Waals surface area contributed by atoms with E-state index in [-0.39, 0.29) is 6.04 Å². The number of ether oxygens (including phenoxy) is 1. The maximum Gasteiger partial charge on any atom is 0.118 e. The lowest BCUT2D eigenvalue weighted by Crippen LogP contribution is -2.08. The Morgan fingerprint density at radius 1 is 1.20 bits per heavy atom. The number of anilines is 2. The number of nitrogens with two attached hydrogens (primary N) is 1. The van der Waals surface area contributed by atoms with Crippen LogP contribution in [0.25, 0.3) is 0 Å². The molecule has 0 amide bonds. The number of benzene rings is 2. The molecule has 0 aromatic heterocycles. The van der Waals surface area contributed by atoms with Gasteiger partial charge in [-0.25, -0.2) is 0 Å². The Balaban J connectivity index is 2.18.